The summed E-state index contributed by atoms with van der Waals surface area (Å²) in [5, 5.41) is 0.846. The van der Waals surface area contributed by atoms with Crippen LogP contribution in [0.4, 0.5) is 0 Å². The second-order valence-corrected chi connectivity index (χ2v) is 5.66. The summed E-state index contributed by atoms with van der Waals surface area (Å²) < 4.78 is 0. The largest absolute Gasteiger partial charge is 0.302 e. The van der Waals surface area contributed by atoms with Crippen molar-refractivity contribution in [3.8, 4) is 0 Å². The molecule has 0 bridgehead atoms. The van der Waals surface area contributed by atoms with Crippen LogP contribution in [0.5, 0.6) is 0 Å². The molecule has 1 nitrogen and oxygen atoms in total. The Balaban J connectivity index is 2.62. The maximum atomic E-state index is 6.50. The molecule has 0 saturated heterocycles. The second kappa shape index (κ2) is 8.04. The first-order valence-corrected chi connectivity index (χ1v) is 7.52. The van der Waals surface area contributed by atoms with E-state index in [0.29, 0.717) is 0 Å². The highest BCUT2D eigenvalue weighted by Gasteiger charge is 2.13. The van der Waals surface area contributed by atoms with Crippen molar-refractivity contribution >= 4 is 23.2 Å². The first-order valence-electron chi connectivity index (χ1n) is 6.71. The molecule has 1 rings (SSSR count). The molecule has 0 spiro atoms. The number of unbranched alkanes of at least 4 members (excludes halogenated alkanes) is 1. The van der Waals surface area contributed by atoms with Gasteiger partial charge in [-0.15, -0.1) is 11.6 Å². The Morgan fingerprint density at radius 1 is 1.28 bits per heavy atom. The van der Waals surface area contributed by atoms with E-state index >= 15 is 0 Å². The van der Waals surface area contributed by atoms with Crippen LogP contribution in [-0.2, 0) is 0 Å². The van der Waals surface area contributed by atoms with Crippen LogP contribution >= 0.6 is 23.2 Å². The SMILES string of the molecule is CCCCN(CC)CC(Cl)c1ccc(Cl)c(C)c1. The van der Waals surface area contributed by atoms with Gasteiger partial charge in [0.05, 0.1) is 5.38 Å². The summed E-state index contributed by atoms with van der Waals surface area (Å²) in [6.45, 7) is 9.50. The average molecular weight is 288 g/mol. The number of halogens is 2. The van der Waals surface area contributed by atoms with Crippen molar-refractivity contribution in [1.82, 2.24) is 4.90 Å². The fraction of sp³-hybridized carbons (Fsp3) is 0.600. The van der Waals surface area contributed by atoms with Crippen LogP contribution in [-0.4, -0.2) is 24.5 Å². The highest BCUT2D eigenvalue weighted by atomic mass is 35.5. The molecule has 18 heavy (non-hydrogen) atoms. The van der Waals surface area contributed by atoms with Gasteiger partial charge in [0.15, 0.2) is 0 Å². The van der Waals surface area contributed by atoms with Crippen LogP contribution in [0, 0.1) is 6.92 Å². The van der Waals surface area contributed by atoms with Crippen LogP contribution in [0.3, 0.4) is 0 Å². The molecule has 1 unspecified atom stereocenters. The number of alkyl halides is 1. The van der Waals surface area contributed by atoms with Gasteiger partial charge in [0, 0.05) is 11.6 Å². The number of aryl methyl sites for hydroxylation is 1. The van der Waals surface area contributed by atoms with Gasteiger partial charge in [-0.25, -0.2) is 0 Å². The van der Waals surface area contributed by atoms with Crippen molar-refractivity contribution in [1.29, 1.82) is 0 Å². The monoisotopic (exact) mass is 287 g/mol. The summed E-state index contributed by atoms with van der Waals surface area (Å²) in [6, 6.07) is 6.05. The summed E-state index contributed by atoms with van der Waals surface area (Å²) in [6.07, 6.45) is 2.46. The highest BCUT2D eigenvalue weighted by molar-refractivity contribution is 6.31. The van der Waals surface area contributed by atoms with Crippen LogP contribution in [0.1, 0.15) is 43.2 Å². The van der Waals surface area contributed by atoms with Gasteiger partial charge >= 0.3 is 0 Å². The minimum Gasteiger partial charge on any atom is -0.302 e. The molecular formula is C15H23Cl2N. The van der Waals surface area contributed by atoms with E-state index in [1.807, 2.05) is 19.1 Å². The third-order valence-corrected chi connectivity index (χ3v) is 4.05. The zero-order valence-corrected chi connectivity index (χ0v) is 13.1. The summed E-state index contributed by atoms with van der Waals surface area (Å²) in [4.78, 5) is 2.41. The lowest BCUT2D eigenvalue weighted by molar-refractivity contribution is 0.283. The topological polar surface area (TPSA) is 3.24 Å². The van der Waals surface area contributed by atoms with Crippen LogP contribution in [0.15, 0.2) is 18.2 Å². The zero-order chi connectivity index (χ0) is 13.5. The third kappa shape index (κ3) is 4.79. The number of likely N-dealkylation sites (N-methyl/N-ethyl adjacent to an activating group) is 1. The normalized spacial score (nSPS) is 13.0. The fourth-order valence-electron chi connectivity index (χ4n) is 1.96. The van der Waals surface area contributed by atoms with Crippen molar-refractivity contribution in [3.63, 3.8) is 0 Å². The van der Waals surface area contributed by atoms with Gasteiger partial charge in [-0.3, -0.25) is 0 Å². The standard InChI is InChI=1S/C15H23Cl2N/c1-4-6-9-18(5-2)11-15(17)13-7-8-14(16)12(3)10-13/h7-8,10,15H,4-6,9,11H2,1-3H3. The van der Waals surface area contributed by atoms with Gasteiger partial charge < -0.3 is 4.90 Å². The minimum absolute atomic E-state index is 0.0396. The van der Waals surface area contributed by atoms with E-state index in [1.54, 1.807) is 0 Å². The summed E-state index contributed by atoms with van der Waals surface area (Å²) >= 11 is 12.5. The molecule has 102 valence electrons. The molecule has 1 aromatic rings. The first-order chi connectivity index (χ1) is 8.58. The molecular weight excluding hydrogens is 265 g/mol. The number of nitrogens with zero attached hydrogens (tertiary/aromatic N) is 1. The zero-order valence-electron chi connectivity index (χ0n) is 11.5. The van der Waals surface area contributed by atoms with Crippen LogP contribution < -0.4 is 0 Å². The quantitative estimate of drug-likeness (QED) is 0.634. The Hall–Kier alpha value is -0.240. The molecule has 3 heteroatoms. The lowest BCUT2D eigenvalue weighted by Gasteiger charge is -2.23. The lowest BCUT2D eigenvalue weighted by atomic mass is 10.1. The maximum absolute atomic E-state index is 6.50. The maximum Gasteiger partial charge on any atom is 0.0712 e. The molecule has 0 fully saturated rings. The Morgan fingerprint density at radius 2 is 2.00 bits per heavy atom. The fourth-order valence-corrected chi connectivity index (χ4v) is 2.40. The van der Waals surface area contributed by atoms with E-state index in [9.17, 15) is 0 Å². The van der Waals surface area contributed by atoms with Gasteiger partial charge in [-0.05, 0) is 43.6 Å². The average Bonchev–Trinajstić information content (AvgIpc) is 2.37. The van der Waals surface area contributed by atoms with Crippen LogP contribution in [0.25, 0.3) is 0 Å². The Labute approximate surface area is 121 Å². The third-order valence-electron chi connectivity index (χ3n) is 3.24. The Morgan fingerprint density at radius 3 is 2.56 bits per heavy atom. The summed E-state index contributed by atoms with van der Waals surface area (Å²) in [5.41, 5.74) is 2.25. The van der Waals surface area contributed by atoms with E-state index in [-0.39, 0.29) is 5.38 Å². The molecule has 0 radical (unpaired) electrons. The van der Waals surface area contributed by atoms with Crippen molar-refractivity contribution in [2.75, 3.05) is 19.6 Å². The molecule has 0 saturated carbocycles. The second-order valence-electron chi connectivity index (χ2n) is 4.72. The van der Waals surface area contributed by atoms with Crippen molar-refractivity contribution < 1.29 is 0 Å². The Kier molecular flexibility index (Phi) is 7.06. The Bertz CT molecular complexity index is 366. The van der Waals surface area contributed by atoms with E-state index in [0.717, 1.165) is 35.8 Å². The number of hydrogen-bond acceptors (Lipinski definition) is 1. The number of benzene rings is 1. The predicted octanol–water partition coefficient (Wildman–Crippen LogP) is 5.05. The molecule has 0 aliphatic heterocycles. The molecule has 1 atom stereocenters. The minimum atomic E-state index is 0.0396. The van der Waals surface area contributed by atoms with Gasteiger partial charge in [-0.1, -0.05) is 44.0 Å². The smallest absolute Gasteiger partial charge is 0.0712 e. The van der Waals surface area contributed by atoms with Crippen molar-refractivity contribution in [2.45, 2.75) is 39.0 Å². The molecule has 0 aliphatic carbocycles. The van der Waals surface area contributed by atoms with E-state index in [1.165, 1.54) is 12.8 Å². The number of rotatable bonds is 7. The number of hydrogen-bond donors (Lipinski definition) is 0. The highest BCUT2D eigenvalue weighted by Crippen LogP contribution is 2.25. The van der Waals surface area contributed by atoms with E-state index in [4.69, 9.17) is 23.2 Å². The molecule has 0 heterocycles. The first kappa shape index (κ1) is 15.8. The lowest BCUT2D eigenvalue weighted by Crippen LogP contribution is -2.28. The molecule has 0 aromatic heterocycles. The van der Waals surface area contributed by atoms with Gasteiger partial charge in [0.25, 0.3) is 0 Å². The molecule has 0 N–H and O–H groups in total. The summed E-state index contributed by atoms with van der Waals surface area (Å²) in [7, 11) is 0. The van der Waals surface area contributed by atoms with Gasteiger partial charge in [-0.2, -0.15) is 0 Å². The van der Waals surface area contributed by atoms with Crippen LogP contribution in [0.2, 0.25) is 5.02 Å². The van der Waals surface area contributed by atoms with E-state index < -0.39 is 0 Å². The van der Waals surface area contributed by atoms with Crippen molar-refractivity contribution in [3.05, 3.63) is 34.3 Å². The van der Waals surface area contributed by atoms with E-state index in [2.05, 4.69) is 24.8 Å². The van der Waals surface area contributed by atoms with Crippen molar-refractivity contribution in [2.24, 2.45) is 0 Å². The summed E-state index contributed by atoms with van der Waals surface area (Å²) in [5.74, 6) is 0. The van der Waals surface area contributed by atoms with Gasteiger partial charge in [0.2, 0.25) is 0 Å². The van der Waals surface area contributed by atoms with Gasteiger partial charge in [0.1, 0.15) is 0 Å². The predicted molar refractivity (Wildman–Crippen MR) is 81.8 cm³/mol. The molecule has 1 aromatic carbocycles. The molecule has 0 aliphatic rings. The molecule has 0 amide bonds.